The second-order valence-corrected chi connectivity index (χ2v) is 17.9. The van der Waals surface area contributed by atoms with E-state index in [9.17, 15) is 19.2 Å². The van der Waals surface area contributed by atoms with Crippen molar-refractivity contribution < 1.29 is 49.0 Å². The van der Waals surface area contributed by atoms with Gasteiger partial charge in [0.05, 0.1) is 69.7 Å². The number of nitrogens with one attached hydrogen (secondary N) is 1. The average molecular weight is 902 g/mol. The number of hydrogen-bond acceptors (Lipinski definition) is 16. The maximum Gasteiger partial charge on any atom is 0.410 e. The molecule has 0 unspecified atom stereocenters. The minimum atomic E-state index is -0.506. The minimum Gasteiger partial charge on any atom is -0.444 e. The molecule has 0 saturated carbocycles. The lowest BCUT2D eigenvalue weighted by Gasteiger charge is -2.34. The molecule has 0 aromatic heterocycles. The molecule has 19 heteroatoms. The van der Waals surface area contributed by atoms with Gasteiger partial charge in [-0.3, -0.25) is 9.80 Å². The Morgan fingerprint density at radius 2 is 1.11 bits per heavy atom. The monoisotopic (exact) mass is 902 g/mol. The summed E-state index contributed by atoms with van der Waals surface area (Å²) in [6, 6.07) is 4.20. The van der Waals surface area contributed by atoms with E-state index in [4.69, 9.17) is 44.7 Å². The van der Waals surface area contributed by atoms with Crippen molar-refractivity contribution in [2.45, 2.75) is 131 Å². The van der Waals surface area contributed by atoms with Crippen LogP contribution in [0.2, 0.25) is 0 Å². The average Bonchev–Trinajstić information content (AvgIpc) is 3.20. The zero-order chi connectivity index (χ0) is 48.6. The highest BCUT2D eigenvalue weighted by molar-refractivity contribution is 5.71. The van der Waals surface area contributed by atoms with Crippen molar-refractivity contribution in [2.24, 2.45) is 5.73 Å². The van der Waals surface area contributed by atoms with Crippen molar-refractivity contribution in [3.05, 3.63) is 0 Å². The number of morpholine rings is 3. The number of ether oxygens (including phenoxy) is 6. The molecule has 0 aliphatic carbocycles. The van der Waals surface area contributed by atoms with E-state index in [1.165, 1.54) is 11.9 Å². The normalized spacial score (nSPS) is 19.0. The summed E-state index contributed by atoms with van der Waals surface area (Å²) in [5, 5.41) is 20.1. The van der Waals surface area contributed by atoms with E-state index >= 15 is 0 Å². The first-order valence-corrected chi connectivity index (χ1v) is 22.1. The van der Waals surface area contributed by atoms with Crippen LogP contribution in [0.25, 0.3) is 0 Å². The Kier molecular flexibility index (Phi) is 32.7. The first-order chi connectivity index (χ1) is 29.4. The van der Waals surface area contributed by atoms with Gasteiger partial charge in [0.2, 0.25) is 0 Å². The van der Waals surface area contributed by atoms with Gasteiger partial charge in [-0.25, -0.2) is 14.4 Å². The van der Waals surface area contributed by atoms with Gasteiger partial charge >= 0.3 is 18.3 Å². The molecule has 19 nitrogen and oxygen atoms in total. The second kappa shape index (κ2) is 33.7. The number of carbonyl (C=O) groups excluding carboxylic acids is 4. The van der Waals surface area contributed by atoms with Gasteiger partial charge in [0.15, 0.2) is 0 Å². The predicted octanol–water partition coefficient (Wildman–Crippen LogP) is 4.58. The number of amides is 3. The van der Waals surface area contributed by atoms with Crippen LogP contribution in [0.4, 0.5) is 14.4 Å². The second-order valence-electron chi connectivity index (χ2n) is 17.9. The third-order valence-electron chi connectivity index (χ3n) is 8.54. The fourth-order valence-corrected chi connectivity index (χ4v) is 5.38. The molecule has 3 saturated heterocycles. The van der Waals surface area contributed by atoms with E-state index in [0.717, 1.165) is 72.0 Å². The smallest absolute Gasteiger partial charge is 0.410 e. The zero-order valence-corrected chi connectivity index (χ0v) is 41.3. The molecule has 3 aliphatic rings. The van der Waals surface area contributed by atoms with Crippen LogP contribution in [0.5, 0.6) is 0 Å². The Hall–Kier alpha value is -3.82. The number of nitriles is 2. The molecule has 0 aromatic carbocycles. The van der Waals surface area contributed by atoms with E-state index < -0.39 is 22.9 Å². The van der Waals surface area contributed by atoms with E-state index in [-0.39, 0.29) is 38.5 Å². The van der Waals surface area contributed by atoms with Gasteiger partial charge in [-0.2, -0.15) is 10.5 Å². The van der Waals surface area contributed by atoms with Gasteiger partial charge in [-0.1, -0.05) is 13.8 Å². The first-order valence-electron chi connectivity index (χ1n) is 22.1. The number of hydrogen-bond donors (Lipinski definition) is 2. The summed E-state index contributed by atoms with van der Waals surface area (Å²) >= 11 is 0. The Balaban J connectivity index is -0.000000793. The van der Waals surface area contributed by atoms with E-state index in [0.29, 0.717) is 45.4 Å². The molecule has 368 valence electrons. The molecule has 3 heterocycles. The fourth-order valence-electron chi connectivity index (χ4n) is 5.38. The maximum absolute atomic E-state index is 11.8. The van der Waals surface area contributed by atoms with Gasteiger partial charge in [0, 0.05) is 88.0 Å². The zero-order valence-electron chi connectivity index (χ0n) is 41.3. The van der Waals surface area contributed by atoms with Crippen LogP contribution in [-0.4, -0.2) is 204 Å². The molecular weight excluding hydrogens is 815 g/mol. The van der Waals surface area contributed by atoms with Gasteiger partial charge < -0.3 is 59.0 Å². The molecule has 3 atom stereocenters. The maximum atomic E-state index is 11.8. The quantitative estimate of drug-likeness (QED) is 0.202. The molecule has 0 spiro atoms. The Morgan fingerprint density at radius 3 is 1.49 bits per heavy atom. The highest BCUT2D eigenvalue weighted by atomic mass is 16.6. The summed E-state index contributed by atoms with van der Waals surface area (Å²) < 4.78 is 32.0. The molecule has 0 bridgehead atoms. The number of likely N-dealkylation sites (N-methyl/N-ethyl adjacent to an activating group) is 3. The summed E-state index contributed by atoms with van der Waals surface area (Å²) in [6.45, 7) is 31.3. The SMILES string of the molecule is CC.CN(CC=O)C(=O)OC(C)(C)C.CN(CCN1CCO[C@H](CC#N)C1)C(=O)OC(C)(C)C.CN(CCN1CCO[C@H](CCN)C1)C(=O)OC(C)(C)C.N#CC[C@@H]1CNCCO1.[HH]. The largest absolute Gasteiger partial charge is 0.444 e. The van der Waals surface area contributed by atoms with Crippen molar-refractivity contribution in [1.29, 1.82) is 10.5 Å². The lowest BCUT2D eigenvalue weighted by atomic mass is 10.2. The number of nitrogens with zero attached hydrogens (tertiary/aromatic N) is 7. The molecule has 3 aliphatic heterocycles. The Labute approximate surface area is 381 Å². The number of rotatable bonds is 12. The van der Waals surface area contributed by atoms with E-state index in [1.807, 2.05) is 55.4 Å². The van der Waals surface area contributed by atoms with Crippen molar-refractivity contribution in [1.82, 2.24) is 29.8 Å². The third kappa shape index (κ3) is 34.3. The molecule has 3 fully saturated rings. The van der Waals surface area contributed by atoms with Gasteiger partial charge in [0.25, 0.3) is 0 Å². The van der Waals surface area contributed by atoms with E-state index in [2.05, 4.69) is 27.3 Å². The molecule has 3 amide bonds. The number of nitrogens with two attached hydrogens (primary N) is 1. The topological polar surface area (TPSA) is 225 Å². The predicted molar refractivity (Wildman–Crippen MR) is 245 cm³/mol. The Bertz CT molecular complexity index is 1340. The first kappa shape index (κ1) is 61.3. The molecule has 3 N–H and O–H groups in total. The highest BCUT2D eigenvalue weighted by Gasteiger charge is 2.25. The van der Waals surface area contributed by atoms with Crippen LogP contribution in [0.3, 0.4) is 0 Å². The molecule has 3 rings (SSSR count). The number of carbonyl (C=O) groups is 4. The summed E-state index contributed by atoms with van der Waals surface area (Å²) in [7, 11) is 5.02. The van der Waals surface area contributed by atoms with Crippen LogP contribution in [0, 0.1) is 22.7 Å². The van der Waals surface area contributed by atoms with Crippen LogP contribution < -0.4 is 11.1 Å². The summed E-state index contributed by atoms with van der Waals surface area (Å²) in [5.74, 6) is 0. The van der Waals surface area contributed by atoms with Crippen molar-refractivity contribution >= 4 is 24.6 Å². The summed E-state index contributed by atoms with van der Waals surface area (Å²) in [6.07, 6.45) is 1.75. The van der Waals surface area contributed by atoms with Gasteiger partial charge in [-0.15, -0.1) is 0 Å². The fraction of sp³-hybridized carbons (Fsp3) is 0.864. The minimum absolute atomic E-state index is 0. The summed E-state index contributed by atoms with van der Waals surface area (Å²) in [4.78, 5) is 53.7. The summed E-state index contributed by atoms with van der Waals surface area (Å²) in [5.41, 5.74) is 4.13. The molecule has 0 aromatic rings. The van der Waals surface area contributed by atoms with Crippen LogP contribution in [0.15, 0.2) is 0 Å². The van der Waals surface area contributed by atoms with Crippen molar-refractivity contribution in [3.63, 3.8) is 0 Å². The van der Waals surface area contributed by atoms with E-state index in [1.54, 1.807) is 44.7 Å². The van der Waals surface area contributed by atoms with Crippen LogP contribution in [-0.2, 0) is 33.2 Å². The highest BCUT2D eigenvalue weighted by Crippen LogP contribution is 2.13. The molecule has 63 heavy (non-hydrogen) atoms. The Morgan fingerprint density at radius 1 is 0.714 bits per heavy atom. The molecule has 0 radical (unpaired) electrons. The van der Waals surface area contributed by atoms with Crippen molar-refractivity contribution in [2.75, 3.05) is 120 Å². The molecular formula is C44H87N9O10. The standard InChI is InChI=1S/C14H29N3O3.C14H25N3O3.C8H15NO3.C6H10N2O.C2H6.H2/c2*1-14(2,3)20-13(18)16(4)7-8-17-9-10-19-12(11-17)5-6-15;1-8(2,3)12-7(11)9(4)5-6-10;7-2-1-6-5-8-3-4-9-6;1-2;/h12H,5-11,15H2,1-4H3;12H,5,7-11H2,1-4H3;6H,5H2,1-4H3;6,8H,1,3-5H2;1-2H3;1H/t2*12-;;6-;;/m11.1../s1. The lowest BCUT2D eigenvalue weighted by Crippen LogP contribution is -2.46. The van der Waals surface area contributed by atoms with Crippen LogP contribution in [0.1, 0.15) is 96.9 Å². The number of aldehydes is 1. The van der Waals surface area contributed by atoms with Gasteiger partial charge in [0.1, 0.15) is 23.1 Å². The van der Waals surface area contributed by atoms with Crippen molar-refractivity contribution in [3.8, 4) is 12.1 Å². The lowest BCUT2D eigenvalue weighted by molar-refractivity contribution is -0.108. The third-order valence-corrected chi connectivity index (χ3v) is 8.54. The van der Waals surface area contributed by atoms with Crippen LogP contribution >= 0.6 is 0 Å². The van der Waals surface area contributed by atoms with Gasteiger partial charge in [-0.05, 0) is 75.3 Å².